The highest BCUT2D eigenvalue weighted by Crippen LogP contribution is 2.36. The van der Waals surface area contributed by atoms with Crippen LogP contribution in [0.2, 0.25) is 0 Å². The lowest BCUT2D eigenvalue weighted by Crippen LogP contribution is -2.36. The monoisotopic (exact) mass is 313 g/mol. The Balaban J connectivity index is 3.12. The number of hydrogen-bond donors (Lipinski definition) is 1. The lowest BCUT2D eigenvalue weighted by Gasteiger charge is -2.22. The van der Waals surface area contributed by atoms with Crippen molar-refractivity contribution in [3.63, 3.8) is 0 Å². The van der Waals surface area contributed by atoms with E-state index in [9.17, 15) is 13.2 Å². The van der Waals surface area contributed by atoms with E-state index in [4.69, 9.17) is 0 Å². The van der Waals surface area contributed by atoms with Gasteiger partial charge in [-0.2, -0.15) is 18.3 Å². The number of rotatable bonds is 5. The molecule has 1 aromatic rings. The van der Waals surface area contributed by atoms with Gasteiger partial charge in [0.15, 0.2) is 0 Å². The molecule has 7 heteroatoms. The van der Waals surface area contributed by atoms with Crippen LogP contribution < -0.4 is 5.32 Å². The van der Waals surface area contributed by atoms with Crippen molar-refractivity contribution >= 4 is 15.9 Å². The minimum absolute atomic E-state index is 0.140. The van der Waals surface area contributed by atoms with E-state index in [1.54, 1.807) is 6.92 Å². The van der Waals surface area contributed by atoms with Crippen molar-refractivity contribution in [3.05, 3.63) is 16.4 Å². The van der Waals surface area contributed by atoms with Crippen molar-refractivity contribution in [3.8, 4) is 0 Å². The molecule has 0 aromatic carbocycles. The fraction of sp³-hybridized carbons (Fsp3) is 0.700. The maximum Gasteiger partial charge on any atom is 0.409 e. The summed E-state index contributed by atoms with van der Waals surface area (Å²) in [5, 5.41) is 6.40. The number of aromatic nitrogens is 2. The Morgan fingerprint density at radius 1 is 1.47 bits per heavy atom. The van der Waals surface area contributed by atoms with E-state index in [2.05, 4.69) is 26.3 Å². The van der Waals surface area contributed by atoms with E-state index in [0.717, 1.165) is 6.42 Å². The Morgan fingerprint density at radius 2 is 2.12 bits per heavy atom. The van der Waals surface area contributed by atoms with Crippen molar-refractivity contribution < 1.29 is 13.2 Å². The van der Waals surface area contributed by atoms with Crippen LogP contribution in [-0.4, -0.2) is 22.5 Å². The molecule has 98 valence electrons. The summed E-state index contributed by atoms with van der Waals surface area (Å²) in [6.45, 7) is 4.26. The molecule has 0 aliphatic carbocycles. The van der Waals surface area contributed by atoms with E-state index < -0.39 is 12.2 Å². The second-order valence-electron chi connectivity index (χ2n) is 3.63. The first-order chi connectivity index (χ1) is 7.91. The normalized spacial score (nSPS) is 14.0. The summed E-state index contributed by atoms with van der Waals surface area (Å²) in [6, 6.07) is -1.68. The van der Waals surface area contributed by atoms with Crippen LogP contribution >= 0.6 is 15.9 Å². The standard InChI is InChI=1S/C10H15BrF3N3/c1-3-5-17-8(7(11)6-16-17)9(15-4-2)10(12,13)14/h6,9,15H,3-5H2,1-2H3. The van der Waals surface area contributed by atoms with Crippen molar-refractivity contribution in [2.24, 2.45) is 0 Å². The first-order valence-corrected chi connectivity index (χ1v) is 6.22. The van der Waals surface area contributed by atoms with Crippen LogP contribution in [0.15, 0.2) is 10.7 Å². The molecule has 1 atom stereocenters. The zero-order valence-electron chi connectivity index (χ0n) is 9.68. The summed E-state index contributed by atoms with van der Waals surface area (Å²) in [5.41, 5.74) is 0.140. The second-order valence-corrected chi connectivity index (χ2v) is 4.49. The first kappa shape index (κ1) is 14.5. The maximum absolute atomic E-state index is 12.9. The van der Waals surface area contributed by atoms with Gasteiger partial charge >= 0.3 is 6.18 Å². The molecule has 0 bridgehead atoms. The van der Waals surface area contributed by atoms with Crippen LogP contribution in [0.4, 0.5) is 13.2 Å². The Morgan fingerprint density at radius 3 is 2.59 bits per heavy atom. The Hall–Kier alpha value is -0.560. The molecule has 0 spiro atoms. The fourth-order valence-corrected chi connectivity index (χ4v) is 2.15. The lowest BCUT2D eigenvalue weighted by atomic mass is 10.2. The highest BCUT2D eigenvalue weighted by Gasteiger charge is 2.43. The van der Waals surface area contributed by atoms with Crippen LogP contribution in [0.1, 0.15) is 32.0 Å². The fourth-order valence-electron chi connectivity index (χ4n) is 1.62. The highest BCUT2D eigenvalue weighted by molar-refractivity contribution is 9.10. The highest BCUT2D eigenvalue weighted by atomic mass is 79.9. The molecule has 1 unspecified atom stereocenters. The van der Waals surface area contributed by atoms with Crippen LogP contribution in [-0.2, 0) is 6.54 Å². The van der Waals surface area contributed by atoms with Gasteiger partial charge in [-0.3, -0.25) is 4.68 Å². The Kier molecular flexibility index (Phi) is 5.00. The zero-order chi connectivity index (χ0) is 13.1. The summed E-state index contributed by atoms with van der Waals surface area (Å²) in [4.78, 5) is 0. The summed E-state index contributed by atoms with van der Waals surface area (Å²) in [6.07, 6.45) is -2.19. The topological polar surface area (TPSA) is 29.9 Å². The zero-order valence-corrected chi connectivity index (χ0v) is 11.3. The second kappa shape index (κ2) is 5.86. The van der Waals surface area contributed by atoms with Gasteiger partial charge in [0.25, 0.3) is 0 Å². The number of nitrogens with zero attached hydrogens (tertiary/aromatic N) is 2. The van der Waals surface area contributed by atoms with Gasteiger partial charge in [0.2, 0.25) is 0 Å². The Labute approximate surface area is 107 Å². The van der Waals surface area contributed by atoms with E-state index in [1.165, 1.54) is 10.9 Å². The summed E-state index contributed by atoms with van der Waals surface area (Å²) >= 11 is 3.13. The third-order valence-corrected chi connectivity index (χ3v) is 2.89. The molecule has 17 heavy (non-hydrogen) atoms. The SMILES string of the molecule is CCCn1ncc(Br)c1C(NCC)C(F)(F)F. The van der Waals surface area contributed by atoms with Crippen molar-refractivity contribution in [2.45, 2.75) is 39.0 Å². The van der Waals surface area contributed by atoms with E-state index in [0.29, 0.717) is 11.0 Å². The smallest absolute Gasteiger partial charge is 0.301 e. The average Bonchev–Trinajstić information content (AvgIpc) is 2.56. The van der Waals surface area contributed by atoms with Gasteiger partial charge in [-0.25, -0.2) is 0 Å². The average molecular weight is 314 g/mol. The van der Waals surface area contributed by atoms with Gasteiger partial charge in [0, 0.05) is 6.54 Å². The Bertz CT molecular complexity index is 362. The number of hydrogen-bond acceptors (Lipinski definition) is 2. The molecule has 1 rings (SSSR count). The van der Waals surface area contributed by atoms with Gasteiger partial charge in [-0.15, -0.1) is 0 Å². The van der Waals surface area contributed by atoms with Crippen molar-refractivity contribution in [1.29, 1.82) is 0 Å². The molecule has 0 fully saturated rings. The summed E-state index contributed by atoms with van der Waals surface area (Å²) < 4.78 is 40.6. The predicted molar refractivity (Wildman–Crippen MR) is 62.7 cm³/mol. The van der Waals surface area contributed by atoms with Gasteiger partial charge in [-0.1, -0.05) is 13.8 Å². The van der Waals surface area contributed by atoms with Crippen LogP contribution in [0.3, 0.4) is 0 Å². The van der Waals surface area contributed by atoms with Gasteiger partial charge in [0.05, 0.1) is 16.4 Å². The third kappa shape index (κ3) is 3.45. The molecule has 3 nitrogen and oxygen atoms in total. The number of halogens is 4. The van der Waals surface area contributed by atoms with Crippen LogP contribution in [0.5, 0.6) is 0 Å². The van der Waals surface area contributed by atoms with Gasteiger partial charge in [-0.05, 0) is 28.9 Å². The van der Waals surface area contributed by atoms with E-state index in [-0.39, 0.29) is 12.2 Å². The van der Waals surface area contributed by atoms with Crippen molar-refractivity contribution in [1.82, 2.24) is 15.1 Å². The van der Waals surface area contributed by atoms with Gasteiger partial charge < -0.3 is 5.32 Å². The molecule has 0 aliphatic heterocycles. The van der Waals surface area contributed by atoms with E-state index >= 15 is 0 Å². The molecule has 0 aliphatic rings. The molecular weight excluding hydrogens is 299 g/mol. The maximum atomic E-state index is 12.9. The summed E-state index contributed by atoms with van der Waals surface area (Å²) in [7, 11) is 0. The minimum Gasteiger partial charge on any atom is -0.301 e. The van der Waals surface area contributed by atoms with E-state index in [1.807, 2.05) is 6.92 Å². The van der Waals surface area contributed by atoms with Crippen LogP contribution in [0, 0.1) is 0 Å². The van der Waals surface area contributed by atoms with Crippen LogP contribution in [0.25, 0.3) is 0 Å². The first-order valence-electron chi connectivity index (χ1n) is 5.43. The predicted octanol–water partition coefficient (Wildman–Crippen LogP) is 3.27. The quantitative estimate of drug-likeness (QED) is 0.904. The molecule has 1 aromatic heterocycles. The number of alkyl halides is 3. The molecule has 1 N–H and O–H groups in total. The molecule has 0 saturated heterocycles. The third-order valence-electron chi connectivity index (χ3n) is 2.28. The molecule has 0 radical (unpaired) electrons. The van der Waals surface area contributed by atoms with Gasteiger partial charge in [0.1, 0.15) is 6.04 Å². The van der Waals surface area contributed by atoms with Crippen molar-refractivity contribution in [2.75, 3.05) is 6.54 Å². The molecule has 0 amide bonds. The minimum atomic E-state index is -4.33. The molecule has 1 heterocycles. The lowest BCUT2D eigenvalue weighted by molar-refractivity contribution is -0.159. The molecule has 0 saturated carbocycles. The summed E-state index contributed by atoms with van der Waals surface area (Å²) in [5.74, 6) is 0. The number of aryl methyl sites for hydroxylation is 1. The number of nitrogens with one attached hydrogen (secondary N) is 1. The largest absolute Gasteiger partial charge is 0.409 e. The molecular formula is C10H15BrF3N3.